The standard InChI is InChI=1S/C20H19ClN6O2/c1-29-17-9-5-2-6-13(17)11-23-19-25-20-24-14(10-18(28)27(20)26-19)12-22-16-8-4-3-7-15(16)21/h2-10,22H,11-12H2,1H3,(H2,23,24,25,26). The van der Waals surface area contributed by atoms with Crippen molar-refractivity contribution in [1.29, 1.82) is 0 Å². The van der Waals surface area contributed by atoms with Gasteiger partial charge in [-0.2, -0.15) is 9.50 Å². The maximum atomic E-state index is 12.4. The summed E-state index contributed by atoms with van der Waals surface area (Å²) in [5.41, 5.74) is 2.07. The molecule has 148 valence electrons. The molecule has 2 aromatic carbocycles. The number of para-hydroxylation sites is 2. The van der Waals surface area contributed by atoms with Gasteiger partial charge in [-0.3, -0.25) is 9.89 Å². The number of nitrogens with one attached hydrogen (secondary N) is 3. The fourth-order valence-electron chi connectivity index (χ4n) is 2.92. The number of aromatic amines is 1. The second kappa shape index (κ2) is 8.24. The minimum Gasteiger partial charge on any atom is -0.496 e. The van der Waals surface area contributed by atoms with E-state index in [1.54, 1.807) is 13.2 Å². The lowest BCUT2D eigenvalue weighted by atomic mass is 10.2. The maximum absolute atomic E-state index is 12.4. The van der Waals surface area contributed by atoms with Gasteiger partial charge >= 0.3 is 0 Å². The predicted octanol–water partition coefficient (Wildman–Crippen LogP) is 3.30. The van der Waals surface area contributed by atoms with Crippen molar-refractivity contribution in [3.8, 4) is 5.75 Å². The number of fused-ring (bicyclic) bond motifs is 1. The summed E-state index contributed by atoms with van der Waals surface area (Å²) in [6.07, 6.45) is 0. The highest BCUT2D eigenvalue weighted by Crippen LogP contribution is 2.21. The van der Waals surface area contributed by atoms with Gasteiger partial charge in [-0.15, -0.1) is 0 Å². The molecule has 0 saturated carbocycles. The van der Waals surface area contributed by atoms with E-state index >= 15 is 0 Å². The van der Waals surface area contributed by atoms with Gasteiger partial charge in [0.05, 0.1) is 30.1 Å². The lowest BCUT2D eigenvalue weighted by Gasteiger charge is -2.08. The van der Waals surface area contributed by atoms with Crippen LogP contribution in [0.1, 0.15) is 11.3 Å². The number of anilines is 2. The Balaban J connectivity index is 1.51. The first kappa shape index (κ1) is 18.8. The summed E-state index contributed by atoms with van der Waals surface area (Å²) < 4.78 is 6.64. The average Bonchev–Trinajstić information content (AvgIpc) is 3.15. The monoisotopic (exact) mass is 410 g/mol. The third kappa shape index (κ3) is 4.17. The summed E-state index contributed by atoms with van der Waals surface area (Å²) in [6, 6.07) is 16.5. The SMILES string of the molecule is COc1ccccc1CNc1nc2nc(CNc3ccccc3Cl)cc(=O)n2[nH]1. The molecule has 0 unspecified atom stereocenters. The minimum atomic E-state index is -0.246. The highest BCUT2D eigenvalue weighted by atomic mass is 35.5. The maximum Gasteiger partial charge on any atom is 0.274 e. The molecule has 3 N–H and O–H groups in total. The molecule has 4 rings (SSSR count). The second-order valence-corrected chi connectivity index (χ2v) is 6.70. The van der Waals surface area contributed by atoms with E-state index in [9.17, 15) is 4.79 Å². The van der Waals surface area contributed by atoms with Crippen LogP contribution >= 0.6 is 11.6 Å². The van der Waals surface area contributed by atoms with Crippen LogP contribution in [0.2, 0.25) is 5.02 Å². The summed E-state index contributed by atoms with van der Waals surface area (Å²) in [5.74, 6) is 1.51. The molecule has 2 aromatic heterocycles. The van der Waals surface area contributed by atoms with Gasteiger partial charge in [0.15, 0.2) is 0 Å². The number of aromatic nitrogens is 4. The minimum absolute atomic E-state index is 0.246. The van der Waals surface area contributed by atoms with Crippen LogP contribution < -0.4 is 20.9 Å². The van der Waals surface area contributed by atoms with Crippen molar-refractivity contribution in [2.75, 3.05) is 17.7 Å². The van der Waals surface area contributed by atoms with Crippen LogP contribution in [0.3, 0.4) is 0 Å². The summed E-state index contributed by atoms with van der Waals surface area (Å²) in [6.45, 7) is 0.839. The first-order valence-corrected chi connectivity index (χ1v) is 9.34. The number of nitrogens with zero attached hydrogens (tertiary/aromatic N) is 3. The summed E-state index contributed by atoms with van der Waals surface area (Å²) in [4.78, 5) is 21.2. The molecule has 8 nitrogen and oxygen atoms in total. The molecule has 0 radical (unpaired) electrons. The number of benzene rings is 2. The van der Waals surface area contributed by atoms with Gasteiger partial charge in [0.25, 0.3) is 11.3 Å². The normalized spacial score (nSPS) is 10.8. The Morgan fingerprint density at radius 2 is 1.86 bits per heavy atom. The zero-order chi connectivity index (χ0) is 20.2. The molecule has 0 fully saturated rings. The van der Waals surface area contributed by atoms with E-state index in [0.717, 1.165) is 17.0 Å². The molecule has 0 aliphatic carbocycles. The van der Waals surface area contributed by atoms with Crippen molar-refractivity contribution >= 4 is 29.0 Å². The molecule has 0 bridgehead atoms. The van der Waals surface area contributed by atoms with Gasteiger partial charge in [-0.25, -0.2) is 4.98 Å². The zero-order valence-corrected chi connectivity index (χ0v) is 16.4. The summed E-state index contributed by atoms with van der Waals surface area (Å²) in [5, 5.41) is 9.86. The number of H-pyrrole nitrogens is 1. The Morgan fingerprint density at radius 3 is 2.69 bits per heavy atom. The topological polar surface area (TPSA) is 96.3 Å². The van der Waals surface area contributed by atoms with E-state index in [2.05, 4.69) is 25.7 Å². The Kier molecular flexibility index (Phi) is 5.35. The van der Waals surface area contributed by atoms with Crippen molar-refractivity contribution in [2.24, 2.45) is 0 Å². The number of halogens is 1. The highest BCUT2D eigenvalue weighted by molar-refractivity contribution is 6.33. The van der Waals surface area contributed by atoms with Crippen LogP contribution in [-0.4, -0.2) is 26.7 Å². The second-order valence-electron chi connectivity index (χ2n) is 6.29. The Morgan fingerprint density at radius 1 is 1.07 bits per heavy atom. The lowest BCUT2D eigenvalue weighted by molar-refractivity contribution is 0.410. The number of rotatable bonds is 7. The Hall–Kier alpha value is -3.52. The molecule has 4 aromatic rings. The number of hydrogen-bond donors (Lipinski definition) is 3. The molecule has 0 aliphatic rings. The van der Waals surface area contributed by atoms with Crippen LogP contribution in [0.4, 0.5) is 11.6 Å². The van der Waals surface area contributed by atoms with Crippen molar-refractivity contribution in [3.05, 3.63) is 81.2 Å². The van der Waals surface area contributed by atoms with E-state index in [1.807, 2.05) is 42.5 Å². The molecule has 0 atom stereocenters. The van der Waals surface area contributed by atoms with E-state index < -0.39 is 0 Å². The van der Waals surface area contributed by atoms with Gasteiger partial charge < -0.3 is 15.4 Å². The number of hydrogen-bond acceptors (Lipinski definition) is 6. The number of methoxy groups -OCH3 is 1. The van der Waals surface area contributed by atoms with E-state index in [4.69, 9.17) is 16.3 Å². The highest BCUT2D eigenvalue weighted by Gasteiger charge is 2.09. The summed E-state index contributed by atoms with van der Waals surface area (Å²) >= 11 is 6.14. The van der Waals surface area contributed by atoms with E-state index in [-0.39, 0.29) is 11.3 Å². The Labute approximate surface area is 171 Å². The van der Waals surface area contributed by atoms with Crippen LogP contribution in [-0.2, 0) is 13.1 Å². The molecule has 0 saturated heterocycles. The molecule has 29 heavy (non-hydrogen) atoms. The van der Waals surface area contributed by atoms with Crippen molar-refractivity contribution in [2.45, 2.75) is 13.1 Å². The average molecular weight is 411 g/mol. The van der Waals surface area contributed by atoms with Gasteiger partial charge in [0.1, 0.15) is 5.75 Å². The number of ether oxygens (including phenoxy) is 1. The quantitative estimate of drug-likeness (QED) is 0.432. The largest absolute Gasteiger partial charge is 0.496 e. The van der Waals surface area contributed by atoms with Crippen LogP contribution in [0.15, 0.2) is 59.4 Å². The van der Waals surface area contributed by atoms with E-state index in [0.29, 0.717) is 29.8 Å². The van der Waals surface area contributed by atoms with Gasteiger partial charge in [0.2, 0.25) is 5.95 Å². The van der Waals surface area contributed by atoms with Crippen LogP contribution in [0.5, 0.6) is 5.75 Å². The van der Waals surface area contributed by atoms with Gasteiger partial charge in [-0.05, 0) is 18.2 Å². The molecule has 2 heterocycles. The van der Waals surface area contributed by atoms with Crippen LogP contribution in [0.25, 0.3) is 5.78 Å². The van der Waals surface area contributed by atoms with E-state index in [1.165, 1.54) is 10.6 Å². The van der Waals surface area contributed by atoms with Crippen molar-refractivity contribution in [3.63, 3.8) is 0 Å². The molecule has 0 amide bonds. The lowest BCUT2D eigenvalue weighted by Crippen LogP contribution is -2.17. The summed E-state index contributed by atoms with van der Waals surface area (Å²) in [7, 11) is 1.63. The fourth-order valence-corrected chi connectivity index (χ4v) is 3.12. The van der Waals surface area contributed by atoms with Crippen LogP contribution in [0, 0.1) is 0 Å². The smallest absolute Gasteiger partial charge is 0.274 e. The predicted molar refractivity (Wildman–Crippen MR) is 113 cm³/mol. The first-order valence-electron chi connectivity index (χ1n) is 8.97. The molecule has 0 spiro atoms. The zero-order valence-electron chi connectivity index (χ0n) is 15.6. The molecular formula is C20H19ClN6O2. The van der Waals surface area contributed by atoms with Gasteiger partial charge in [0, 0.05) is 18.2 Å². The van der Waals surface area contributed by atoms with Crippen molar-refractivity contribution in [1.82, 2.24) is 19.6 Å². The fraction of sp³-hybridized carbons (Fsp3) is 0.150. The van der Waals surface area contributed by atoms with Crippen molar-refractivity contribution < 1.29 is 4.74 Å². The third-order valence-electron chi connectivity index (χ3n) is 4.36. The van der Waals surface area contributed by atoms with Gasteiger partial charge in [-0.1, -0.05) is 41.9 Å². The Bertz CT molecular complexity index is 1200. The molecular weight excluding hydrogens is 392 g/mol. The first-order chi connectivity index (χ1) is 14.1. The molecule has 0 aliphatic heterocycles. The molecule has 9 heteroatoms. The third-order valence-corrected chi connectivity index (χ3v) is 4.69.